The van der Waals surface area contributed by atoms with Gasteiger partial charge in [0.15, 0.2) is 0 Å². The molecule has 1 fully saturated rings. The highest BCUT2D eigenvalue weighted by Gasteiger charge is 2.30. The minimum absolute atomic E-state index is 0.585. The van der Waals surface area contributed by atoms with E-state index in [0.29, 0.717) is 6.54 Å². The highest BCUT2D eigenvalue weighted by Crippen LogP contribution is 2.29. The third-order valence-electron chi connectivity index (χ3n) is 4.72. The predicted octanol–water partition coefficient (Wildman–Crippen LogP) is 4.75. The number of thioether (sulfide) groups is 1. The zero-order valence-corrected chi connectivity index (χ0v) is 15.6. The van der Waals surface area contributed by atoms with Crippen LogP contribution in [0.25, 0.3) is 0 Å². The Bertz CT molecular complexity index is 690. The number of piperazine rings is 1. The van der Waals surface area contributed by atoms with Gasteiger partial charge in [0.05, 0.1) is 5.56 Å². The van der Waals surface area contributed by atoms with Gasteiger partial charge in [-0.2, -0.15) is 13.2 Å². The van der Waals surface area contributed by atoms with Gasteiger partial charge in [-0.15, -0.1) is 11.8 Å². The molecule has 0 unspecified atom stereocenters. The van der Waals surface area contributed by atoms with E-state index in [2.05, 4.69) is 40.3 Å². The van der Waals surface area contributed by atoms with Crippen molar-refractivity contribution in [3.05, 3.63) is 65.2 Å². The fourth-order valence-electron chi connectivity index (χ4n) is 3.15. The maximum Gasteiger partial charge on any atom is 0.416 e. The lowest BCUT2D eigenvalue weighted by Crippen LogP contribution is -2.45. The zero-order valence-electron chi connectivity index (χ0n) is 14.8. The van der Waals surface area contributed by atoms with Crippen molar-refractivity contribution in [3.8, 4) is 0 Å². The molecular formula is C20H23F3N2S. The number of benzene rings is 2. The quantitative estimate of drug-likeness (QED) is 0.692. The van der Waals surface area contributed by atoms with Crippen LogP contribution in [0, 0.1) is 0 Å². The fourth-order valence-corrected chi connectivity index (χ4v) is 3.56. The minimum atomic E-state index is -4.27. The molecule has 3 rings (SSSR count). The van der Waals surface area contributed by atoms with Crippen LogP contribution in [-0.2, 0) is 19.3 Å². The number of hydrogen-bond acceptors (Lipinski definition) is 3. The van der Waals surface area contributed by atoms with Gasteiger partial charge in [0.2, 0.25) is 0 Å². The molecule has 1 heterocycles. The Morgan fingerprint density at radius 2 is 1.19 bits per heavy atom. The SMILES string of the molecule is CSc1ccc(CN2CCN(Cc3ccc(C(F)(F)F)cc3)CC2)cc1. The minimum Gasteiger partial charge on any atom is -0.297 e. The molecule has 0 spiro atoms. The van der Waals surface area contributed by atoms with Gasteiger partial charge >= 0.3 is 6.18 Å². The molecule has 26 heavy (non-hydrogen) atoms. The van der Waals surface area contributed by atoms with Crippen molar-refractivity contribution < 1.29 is 13.2 Å². The van der Waals surface area contributed by atoms with Crippen molar-refractivity contribution in [3.63, 3.8) is 0 Å². The Morgan fingerprint density at radius 3 is 1.58 bits per heavy atom. The van der Waals surface area contributed by atoms with Crippen molar-refractivity contribution >= 4 is 11.8 Å². The molecule has 2 aromatic carbocycles. The first-order valence-corrected chi connectivity index (χ1v) is 9.90. The Balaban J connectivity index is 1.47. The summed E-state index contributed by atoms with van der Waals surface area (Å²) in [5.41, 5.74) is 1.66. The lowest BCUT2D eigenvalue weighted by molar-refractivity contribution is -0.137. The van der Waals surface area contributed by atoms with E-state index in [-0.39, 0.29) is 0 Å². The lowest BCUT2D eigenvalue weighted by Gasteiger charge is -2.34. The van der Waals surface area contributed by atoms with Crippen molar-refractivity contribution in [2.24, 2.45) is 0 Å². The lowest BCUT2D eigenvalue weighted by atomic mass is 10.1. The molecule has 0 aromatic heterocycles. The van der Waals surface area contributed by atoms with Crippen LogP contribution in [0.3, 0.4) is 0 Å². The van der Waals surface area contributed by atoms with Gasteiger partial charge in [-0.05, 0) is 41.6 Å². The third-order valence-corrected chi connectivity index (χ3v) is 5.46. The largest absolute Gasteiger partial charge is 0.416 e. The predicted molar refractivity (Wildman–Crippen MR) is 100 cm³/mol. The van der Waals surface area contributed by atoms with E-state index in [1.165, 1.54) is 22.6 Å². The van der Waals surface area contributed by atoms with Crippen LogP contribution < -0.4 is 0 Å². The topological polar surface area (TPSA) is 6.48 Å². The Kier molecular flexibility index (Phi) is 6.27. The summed E-state index contributed by atoms with van der Waals surface area (Å²) in [6.45, 7) is 5.47. The molecule has 0 saturated carbocycles. The summed E-state index contributed by atoms with van der Waals surface area (Å²) in [5, 5.41) is 0. The number of rotatable bonds is 5. The van der Waals surface area contributed by atoms with Crippen LogP contribution in [0.15, 0.2) is 53.4 Å². The van der Waals surface area contributed by atoms with Gasteiger partial charge in [0.25, 0.3) is 0 Å². The standard InChI is InChI=1S/C20H23F3N2S/c1-26-19-8-4-17(5-9-19)15-25-12-10-24(11-13-25)14-16-2-6-18(7-3-16)20(21,22)23/h2-9H,10-15H2,1H3. The summed E-state index contributed by atoms with van der Waals surface area (Å²) in [7, 11) is 0. The van der Waals surface area contributed by atoms with Crippen LogP contribution in [0.5, 0.6) is 0 Å². The molecule has 0 bridgehead atoms. The van der Waals surface area contributed by atoms with Gasteiger partial charge in [0.1, 0.15) is 0 Å². The molecule has 2 aromatic rings. The molecule has 0 N–H and O–H groups in total. The second kappa shape index (κ2) is 8.46. The van der Waals surface area contributed by atoms with Gasteiger partial charge in [-0.3, -0.25) is 9.80 Å². The van der Waals surface area contributed by atoms with E-state index in [0.717, 1.165) is 38.3 Å². The zero-order chi connectivity index (χ0) is 18.6. The van der Waals surface area contributed by atoms with E-state index in [1.54, 1.807) is 23.9 Å². The highest BCUT2D eigenvalue weighted by molar-refractivity contribution is 7.98. The average molecular weight is 380 g/mol. The molecule has 0 atom stereocenters. The Morgan fingerprint density at radius 1 is 0.769 bits per heavy atom. The van der Waals surface area contributed by atoms with Gasteiger partial charge in [0, 0.05) is 44.2 Å². The third kappa shape index (κ3) is 5.25. The second-order valence-corrected chi connectivity index (χ2v) is 7.47. The summed E-state index contributed by atoms with van der Waals surface area (Å²) in [5.74, 6) is 0. The molecule has 0 radical (unpaired) electrons. The van der Waals surface area contributed by atoms with Crippen LogP contribution in [0.1, 0.15) is 16.7 Å². The normalized spacial score (nSPS) is 16.8. The van der Waals surface area contributed by atoms with Gasteiger partial charge in [-0.1, -0.05) is 24.3 Å². The van der Waals surface area contributed by atoms with Crippen LogP contribution >= 0.6 is 11.8 Å². The molecule has 6 heteroatoms. The van der Waals surface area contributed by atoms with E-state index >= 15 is 0 Å². The summed E-state index contributed by atoms with van der Waals surface area (Å²) in [6, 6.07) is 14.2. The maximum atomic E-state index is 12.6. The maximum absolute atomic E-state index is 12.6. The van der Waals surface area contributed by atoms with Crippen LogP contribution in [0.4, 0.5) is 13.2 Å². The molecule has 1 saturated heterocycles. The first kappa shape index (κ1) is 19.3. The monoisotopic (exact) mass is 380 g/mol. The smallest absolute Gasteiger partial charge is 0.297 e. The van der Waals surface area contributed by atoms with E-state index in [4.69, 9.17) is 0 Å². The number of hydrogen-bond donors (Lipinski definition) is 0. The van der Waals surface area contributed by atoms with Gasteiger partial charge < -0.3 is 0 Å². The number of alkyl halides is 3. The van der Waals surface area contributed by atoms with Crippen molar-refractivity contribution in [2.45, 2.75) is 24.2 Å². The highest BCUT2D eigenvalue weighted by atomic mass is 32.2. The Labute approximate surface area is 157 Å². The summed E-state index contributed by atoms with van der Waals surface area (Å²) in [4.78, 5) is 6.00. The molecule has 1 aliphatic heterocycles. The molecule has 2 nitrogen and oxygen atoms in total. The molecular weight excluding hydrogens is 357 g/mol. The van der Waals surface area contributed by atoms with Gasteiger partial charge in [-0.25, -0.2) is 0 Å². The molecule has 0 amide bonds. The number of halogens is 3. The Hall–Kier alpha value is -1.50. The van der Waals surface area contributed by atoms with Crippen molar-refractivity contribution in [2.75, 3.05) is 32.4 Å². The van der Waals surface area contributed by atoms with E-state index in [9.17, 15) is 13.2 Å². The van der Waals surface area contributed by atoms with E-state index in [1.807, 2.05) is 0 Å². The van der Waals surface area contributed by atoms with Crippen molar-refractivity contribution in [1.82, 2.24) is 9.80 Å². The number of nitrogens with zero attached hydrogens (tertiary/aromatic N) is 2. The fraction of sp³-hybridized carbons (Fsp3) is 0.400. The average Bonchev–Trinajstić information content (AvgIpc) is 2.64. The molecule has 0 aliphatic carbocycles. The van der Waals surface area contributed by atoms with Crippen LogP contribution in [-0.4, -0.2) is 42.2 Å². The van der Waals surface area contributed by atoms with Crippen LogP contribution in [0.2, 0.25) is 0 Å². The first-order valence-electron chi connectivity index (χ1n) is 8.68. The molecule has 1 aliphatic rings. The summed E-state index contributed by atoms with van der Waals surface area (Å²) < 4.78 is 37.9. The molecule has 140 valence electrons. The summed E-state index contributed by atoms with van der Waals surface area (Å²) in [6.07, 6.45) is -2.19. The van der Waals surface area contributed by atoms with Crippen molar-refractivity contribution in [1.29, 1.82) is 0 Å². The first-order chi connectivity index (χ1) is 12.4. The second-order valence-electron chi connectivity index (χ2n) is 6.60. The summed E-state index contributed by atoms with van der Waals surface area (Å²) >= 11 is 1.74. The van der Waals surface area contributed by atoms with E-state index < -0.39 is 11.7 Å².